The van der Waals surface area contributed by atoms with Gasteiger partial charge in [-0.1, -0.05) is 71.6 Å². The average Bonchev–Trinajstić information content (AvgIpc) is 3.13. The van der Waals surface area contributed by atoms with Crippen molar-refractivity contribution in [1.29, 1.82) is 0 Å². The summed E-state index contributed by atoms with van der Waals surface area (Å²) in [7, 11) is 0. The normalized spacial score (nSPS) is 10.5. The van der Waals surface area contributed by atoms with E-state index < -0.39 is 0 Å². The van der Waals surface area contributed by atoms with Crippen molar-refractivity contribution in [3.63, 3.8) is 0 Å². The smallest absolute Gasteiger partial charge is 0.233 e. The van der Waals surface area contributed by atoms with E-state index in [1.807, 2.05) is 30.6 Å². The molecule has 24 heavy (non-hydrogen) atoms. The molecule has 0 aliphatic carbocycles. The molecule has 0 saturated heterocycles. The number of hydrogen-bond acceptors (Lipinski definition) is 1. The van der Waals surface area contributed by atoms with Gasteiger partial charge in [0, 0.05) is 17.9 Å². The Labute approximate surface area is 146 Å². The predicted octanol–water partition coefficient (Wildman–Crippen LogP) is 3.66. The van der Waals surface area contributed by atoms with Crippen LogP contribution < -0.4 is 10.9 Å². The van der Waals surface area contributed by atoms with E-state index >= 15 is 0 Å². The first-order chi connectivity index (χ1) is 11.5. The summed E-state index contributed by atoms with van der Waals surface area (Å²) in [4.78, 5) is 3.95. The van der Waals surface area contributed by atoms with E-state index in [-0.39, 0.29) is 5.54 Å². The van der Waals surface area contributed by atoms with Gasteiger partial charge in [-0.3, -0.25) is 0 Å². The molecule has 0 amide bonds. The lowest BCUT2D eigenvalue weighted by Gasteiger charge is -2.19. The maximum absolute atomic E-state index is 3.95. The van der Waals surface area contributed by atoms with Crippen LogP contribution in [0.15, 0.2) is 91.9 Å². The molecule has 0 aliphatic rings. The molecule has 0 aliphatic heterocycles. The molecular weight excluding hydrogens is 291 g/mol. The Morgan fingerprint density at radius 3 is 1.71 bits per heavy atom. The second kappa shape index (κ2) is 8.35. The summed E-state index contributed by atoms with van der Waals surface area (Å²) >= 11 is 0. The highest BCUT2D eigenvalue weighted by Gasteiger charge is 2.13. The second-order valence-electron chi connectivity index (χ2n) is 6.68. The lowest BCUT2D eigenvalue weighted by molar-refractivity contribution is 0.396. The fourth-order valence-electron chi connectivity index (χ4n) is 2.44. The summed E-state index contributed by atoms with van der Waals surface area (Å²) in [5.41, 5.74) is 2.76. The third kappa shape index (κ3) is 4.99. The summed E-state index contributed by atoms with van der Waals surface area (Å²) in [6.07, 6.45) is 5.60. The van der Waals surface area contributed by atoms with E-state index in [1.165, 1.54) is 10.9 Å². The second-order valence-corrected chi connectivity index (χ2v) is 6.68. The van der Waals surface area contributed by atoms with E-state index in [4.69, 9.17) is 0 Å². The molecule has 0 saturated carbocycles. The van der Waals surface area contributed by atoms with Crippen molar-refractivity contribution in [2.45, 2.75) is 26.3 Å². The average molecular weight is 316 g/mol. The van der Waals surface area contributed by atoms with Gasteiger partial charge < -0.3 is 4.57 Å². The van der Waals surface area contributed by atoms with E-state index in [1.54, 1.807) is 6.20 Å². The van der Waals surface area contributed by atoms with Crippen molar-refractivity contribution in [3.8, 4) is 0 Å². The number of nitrogens with zero attached hydrogens (tertiary/aromatic N) is 2. The maximum Gasteiger partial charge on any atom is 0.233 e. The first-order valence-electron chi connectivity index (χ1n) is 8.23. The van der Waals surface area contributed by atoms with Crippen molar-refractivity contribution >= 4 is 17.6 Å². The molecule has 2 aromatic carbocycles. The van der Waals surface area contributed by atoms with E-state index in [2.05, 4.69) is 85.4 Å². The van der Waals surface area contributed by atoms with Crippen molar-refractivity contribution in [2.24, 2.45) is 0 Å². The van der Waals surface area contributed by atoms with Crippen LogP contribution in [0.5, 0.6) is 0 Å². The van der Waals surface area contributed by atoms with E-state index in [0.29, 0.717) is 6.71 Å². The fourth-order valence-corrected chi connectivity index (χ4v) is 2.44. The van der Waals surface area contributed by atoms with E-state index in [0.717, 1.165) is 0 Å². The molecule has 1 aromatic heterocycles. The van der Waals surface area contributed by atoms with Crippen LogP contribution in [0.2, 0.25) is 0 Å². The molecule has 3 heteroatoms. The van der Waals surface area contributed by atoms with Crippen molar-refractivity contribution in [1.82, 2.24) is 9.55 Å². The van der Waals surface area contributed by atoms with Crippen LogP contribution in [-0.2, 0) is 5.54 Å². The zero-order chi connectivity index (χ0) is 17.4. The molecule has 0 unspecified atom stereocenters. The highest BCUT2D eigenvalue weighted by atomic mass is 15.1. The van der Waals surface area contributed by atoms with Gasteiger partial charge in [0.1, 0.15) is 0 Å². The van der Waals surface area contributed by atoms with Gasteiger partial charge >= 0.3 is 0 Å². The molecule has 3 aromatic rings. The van der Waals surface area contributed by atoms with Gasteiger partial charge in [0.25, 0.3) is 0 Å². The van der Waals surface area contributed by atoms with Gasteiger partial charge in [0.15, 0.2) is 0 Å². The predicted molar refractivity (Wildman–Crippen MR) is 105 cm³/mol. The molecule has 0 radical (unpaired) electrons. The highest BCUT2D eigenvalue weighted by Crippen LogP contribution is 2.11. The lowest BCUT2D eigenvalue weighted by atomic mass is 9.41. The van der Waals surface area contributed by atoms with Gasteiger partial charge in [-0.25, -0.2) is 4.98 Å². The van der Waals surface area contributed by atoms with Crippen LogP contribution in [0.3, 0.4) is 0 Å². The largest absolute Gasteiger partial charge is 0.332 e. The minimum Gasteiger partial charge on any atom is -0.332 e. The zero-order valence-electron chi connectivity index (χ0n) is 14.8. The number of imidazole rings is 1. The molecule has 0 spiro atoms. The monoisotopic (exact) mass is 316 g/mol. The van der Waals surface area contributed by atoms with Crippen LogP contribution >= 0.6 is 0 Å². The Morgan fingerprint density at radius 1 is 0.917 bits per heavy atom. The van der Waals surface area contributed by atoms with E-state index in [9.17, 15) is 0 Å². The highest BCUT2D eigenvalue weighted by molar-refractivity contribution is 6.89. The zero-order valence-corrected chi connectivity index (χ0v) is 14.8. The summed E-state index contributed by atoms with van der Waals surface area (Å²) in [5.74, 6) is 1.99. The van der Waals surface area contributed by atoms with Crippen molar-refractivity contribution in [3.05, 3.63) is 91.9 Å². The molecule has 3 rings (SSSR count). The van der Waals surface area contributed by atoms with Crippen LogP contribution in [0.25, 0.3) is 0 Å². The van der Waals surface area contributed by atoms with Gasteiger partial charge in [-0.2, -0.15) is 0 Å². The Hall–Kier alpha value is -2.55. The number of benzene rings is 2. The molecule has 2 nitrogen and oxygen atoms in total. The lowest BCUT2D eigenvalue weighted by Crippen LogP contribution is -2.40. The Morgan fingerprint density at radius 2 is 1.42 bits per heavy atom. The summed E-state index contributed by atoms with van der Waals surface area (Å²) < 4.78 is 2.08. The van der Waals surface area contributed by atoms with Crippen LogP contribution in [0, 0.1) is 0 Å². The third-order valence-corrected chi connectivity index (χ3v) is 3.83. The summed E-state index contributed by atoms with van der Waals surface area (Å²) in [6.45, 7) is 10.7. The maximum atomic E-state index is 3.95. The standard InChI is InChI=1S/C14H13B.C7H12N2/c1-2-15(13-9-5-3-6-10-13)14-11-7-4-8-12-14;1-7(2,3)9-5-4-8-6-9/h2-12H,1H2;4-6H,1-3H3. The van der Waals surface area contributed by atoms with Crippen LogP contribution in [0.4, 0.5) is 0 Å². The molecule has 122 valence electrons. The Kier molecular flexibility index (Phi) is 6.19. The molecule has 1 heterocycles. The fraction of sp³-hybridized carbons (Fsp3) is 0.190. The first kappa shape index (κ1) is 17.8. The van der Waals surface area contributed by atoms with Crippen molar-refractivity contribution < 1.29 is 0 Å². The number of rotatable bonds is 3. The van der Waals surface area contributed by atoms with Gasteiger partial charge in [-0.05, 0) is 20.8 Å². The SMILES string of the molecule is C=CB(c1ccccc1)c1ccccc1.CC(C)(C)n1ccnc1. The Balaban J connectivity index is 0.000000198. The topological polar surface area (TPSA) is 17.8 Å². The molecular formula is C21H25BN2. The number of aromatic nitrogens is 2. The van der Waals surface area contributed by atoms with Gasteiger partial charge in [0.2, 0.25) is 6.71 Å². The van der Waals surface area contributed by atoms with Crippen molar-refractivity contribution in [2.75, 3.05) is 0 Å². The third-order valence-electron chi connectivity index (χ3n) is 3.83. The number of hydrogen-bond donors (Lipinski definition) is 0. The minimum atomic E-state index is 0.177. The van der Waals surface area contributed by atoms with Crippen LogP contribution in [-0.4, -0.2) is 16.3 Å². The molecule has 0 N–H and O–H groups in total. The Bertz CT molecular complexity index is 674. The molecule has 0 bridgehead atoms. The molecule has 0 atom stereocenters. The van der Waals surface area contributed by atoms with Crippen LogP contribution in [0.1, 0.15) is 20.8 Å². The van der Waals surface area contributed by atoms with Gasteiger partial charge in [0.05, 0.1) is 6.33 Å². The summed E-state index contributed by atoms with van der Waals surface area (Å²) in [5, 5.41) is 0. The minimum absolute atomic E-state index is 0.177. The van der Waals surface area contributed by atoms with Gasteiger partial charge in [-0.15, -0.1) is 12.6 Å². The molecule has 0 fully saturated rings. The first-order valence-corrected chi connectivity index (χ1v) is 8.23. The summed E-state index contributed by atoms with van der Waals surface area (Å²) in [6, 6.07) is 20.9. The quantitative estimate of drug-likeness (QED) is 0.674.